The number of aliphatic carboxylic acids is 1. The molecule has 17 heteroatoms. The fourth-order valence-electron chi connectivity index (χ4n) is 7.48. The van der Waals surface area contributed by atoms with E-state index in [4.69, 9.17) is 28.8 Å². The number of anilines is 1. The summed E-state index contributed by atoms with van der Waals surface area (Å²) in [5.41, 5.74) is 3.14. The predicted molar refractivity (Wildman–Crippen MR) is 215 cm³/mol. The molecule has 0 fully saturated rings. The Labute approximate surface area is 342 Å². The highest BCUT2D eigenvalue weighted by molar-refractivity contribution is 7.86. The first-order valence-corrected chi connectivity index (χ1v) is 22.3. The minimum absolute atomic E-state index is 0.0514. The van der Waals surface area contributed by atoms with E-state index in [9.17, 15) is 30.7 Å². The number of carboxylic acids is 1. The Morgan fingerprint density at radius 2 is 1.34 bits per heavy atom. The summed E-state index contributed by atoms with van der Waals surface area (Å²) in [7, 11) is -7.83. The van der Waals surface area contributed by atoms with Crippen LogP contribution in [-0.2, 0) is 59.5 Å². The molecule has 322 valence electrons. The Morgan fingerprint density at radius 1 is 0.793 bits per heavy atom. The minimum Gasteiger partial charge on any atom is -0.744 e. The quantitative estimate of drug-likeness (QED) is 0.0764. The van der Waals surface area contributed by atoms with Crippen molar-refractivity contribution in [1.29, 1.82) is 0 Å². The Hall–Kier alpha value is -3.52. The van der Waals surface area contributed by atoms with E-state index in [1.165, 1.54) is 24.3 Å². The van der Waals surface area contributed by atoms with Crippen molar-refractivity contribution in [2.45, 2.75) is 80.4 Å². The number of rotatable bonds is 26. The lowest BCUT2D eigenvalue weighted by molar-refractivity contribution is -0.433. The van der Waals surface area contributed by atoms with Gasteiger partial charge in [-0.1, -0.05) is 12.5 Å². The van der Waals surface area contributed by atoms with Gasteiger partial charge in [0.25, 0.3) is 0 Å². The van der Waals surface area contributed by atoms with E-state index in [0.717, 1.165) is 22.8 Å². The molecule has 0 aromatic heterocycles. The van der Waals surface area contributed by atoms with Crippen molar-refractivity contribution in [3.05, 3.63) is 71.5 Å². The van der Waals surface area contributed by atoms with Gasteiger partial charge in [-0.25, -0.2) is 16.8 Å². The van der Waals surface area contributed by atoms with E-state index in [1.54, 1.807) is 19.2 Å². The van der Waals surface area contributed by atoms with Crippen molar-refractivity contribution in [1.82, 2.24) is 0 Å². The molecule has 0 saturated carbocycles. The fraction of sp³-hybridized carbons (Fsp3) is 0.561. The normalized spacial score (nSPS) is 18.5. The van der Waals surface area contributed by atoms with E-state index in [2.05, 4.69) is 9.48 Å². The number of hydrogen-bond donors (Lipinski definition) is 1. The van der Waals surface area contributed by atoms with Gasteiger partial charge < -0.3 is 42.8 Å². The molecule has 1 unspecified atom stereocenters. The first-order chi connectivity index (χ1) is 27.5. The molecule has 0 bridgehead atoms. The summed E-state index contributed by atoms with van der Waals surface area (Å²) in [5.74, 6) is -0.865. The first-order valence-electron chi connectivity index (χ1n) is 19.5. The van der Waals surface area contributed by atoms with Crippen LogP contribution in [0.3, 0.4) is 0 Å². The van der Waals surface area contributed by atoms with Crippen LogP contribution in [0.4, 0.5) is 11.4 Å². The molecule has 1 atom stereocenters. The van der Waals surface area contributed by atoms with E-state index >= 15 is 0 Å². The van der Waals surface area contributed by atoms with Gasteiger partial charge in [0.2, 0.25) is 5.69 Å². The second-order valence-corrected chi connectivity index (χ2v) is 17.6. The molecule has 0 amide bonds. The molecule has 15 nitrogen and oxygen atoms in total. The summed E-state index contributed by atoms with van der Waals surface area (Å²) in [4.78, 5) is 12.6. The van der Waals surface area contributed by atoms with Crippen molar-refractivity contribution in [3.8, 4) is 0 Å². The third-order valence-corrected chi connectivity index (χ3v) is 12.2. The summed E-state index contributed by atoms with van der Waals surface area (Å²) in [6.45, 7) is 12.6. The number of unbranched alkanes of at least 4 members (excludes halogenated alkanes) is 2. The zero-order chi connectivity index (χ0) is 42.6. The minimum atomic E-state index is -4.77. The Morgan fingerprint density at radius 3 is 1.90 bits per heavy atom. The van der Waals surface area contributed by atoms with Crippen LogP contribution in [-0.4, -0.2) is 127 Å². The number of allylic oxidation sites excluding steroid dienone is 4. The highest BCUT2D eigenvalue weighted by Crippen LogP contribution is 2.51. The van der Waals surface area contributed by atoms with Crippen LogP contribution in [0.2, 0.25) is 0 Å². The number of fused-ring (bicyclic) bond motifs is 2. The van der Waals surface area contributed by atoms with E-state index in [1.807, 2.05) is 45.9 Å². The van der Waals surface area contributed by atoms with Crippen LogP contribution < -0.4 is 4.90 Å². The molecule has 0 spiro atoms. The maximum atomic E-state index is 12.3. The van der Waals surface area contributed by atoms with E-state index < -0.39 is 37.0 Å². The number of benzene rings is 2. The Balaban J connectivity index is 1.59. The number of ether oxygens (including phenoxy) is 5. The van der Waals surface area contributed by atoms with Crippen LogP contribution in [0.5, 0.6) is 0 Å². The number of carboxylic acid groups (broad SMARTS) is 1. The molecular formula is C41H57N2O13S2-. The van der Waals surface area contributed by atoms with Gasteiger partial charge in [-0.15, -0.1) is 0 Å². The van der Waals surface area contributed by atoms with E-state index in [0.29, 0.717) is 103 Å². The summed E-state index contributed by atoms with van der Waals surface area (Å²) >= 11 is 0. The zero-order valence-corrected chi connectivity index (χ0v) is 35.7. The molecule has 2 heterocycles. The Bertz CT molecular complexity index is 2050. The summed E-state index contributed by atoms with van der Waals surface area (Å²) in [6, 6.07) is 8.83. The molecule has 2 aromatic carbocycles. The first kappa shape index (κ1) is 47.2. The maximum absolute atomic E-state index is 12.3. The van der Waals surface area contributed by atoms with Crippen LogP contribution in [0, 0.1) is 0 Å². The van der Waals surface area contributed by atoms with Gasteiger partial charge in [-0.2, -0.15) is 4.58 Å². The predicted octanol–water partition coefficient (Wildman–Crippen LogP) is 4.86. The molecule has 1 N–H and O–H groups in total. The molecule has 0 aliphatic carbocycles. The number of methoxy groups -OCH3 is 1. The summed E-state index contributed by atoms with van der Waals surface area (Å²) in [6.07, 6.45) is 8.09. The van der Waals surface area contributed by atoms with Crippen LogP contribution >= 0.6 is 0 Å². The van der Waals surface area contributed by atoms with Gasteiger partial charge in [0, 0.05) is 61.2 Å². The lowest BCUT2D eigenvalue weighted by atomic mass is 9.78. The molecule has 2 aliphatic rings. The average Bonchev–Trinajstić information content (AvgIpc) is 3.52. The van der Waals surface area contributed by atoms with Crippen LogP contribution in [0.25, 0.3) is 0 Å². The maximum Gasteiger partial charge on any atom is 0.303 e. The third kappa shape index (κ3) is 12.0. The highest BCUT2D eigenvalue weighted by atomic mass is 32.2. The van der Waals surface area contributed by atoms with Gasteiger partial charge in [-0.05, 0) is 88.9 Å². The second kappa shape index (κ2) is 21.1. The zero-order valence-electron chi connectivity index (χ0n) is 34.1. The fourth-order valence-corrected chi connectivity index (χ4v) is 8.47. The van der Waals surface area contributed by atoms with Gasteiger partial charge in [0.05, 0.1) is 68.1 Å². The topological polar surface area (TPSA) is 204 Å². The number of carbonyl (C=O) groups is 1. The van der Waals surface area contributed by atoms with E-state index in [-0.39, 0.29) is 22.8 Å². The number of hydrogen-bond acceptors (Lipinski definition) is 13. The molecule has 58 heavy (non-hydrogen) atoms. The van der Waals surface area contributed by atoms with Crippen molar-refractivity contribution in [2.24, 2.45) is 0 Å². The largest absolute Gasteiger partial charge is 0.744 e. The van der Waals surface area contributed by atoms with Crippen LogP contribution in [0.15, 0.2) is 70.1 Å². The molecule has 4 rings (SSSR count). The smallest absolute Gasteiger partial charge is 0.303 e. The lowest BCUT2D eigenvalue weighted by Crippen LogP contribution is -2.31. The summed E-state index contributed by atoms with van der Waals surface area (Å²) in [5, 5.41) is 9.17. The molecular weight excluding hydrogens is 793 g/mol. The third-order valence-electron chi connectivity index (χ3n) is 10.5. The van der Waals surface area contributed by atoms with Crippen molar-refractivity contribution < 1.29 is 64.1 Å². The Kier molecular flexibility index (Phi) is 17.2. The van der Waals surface area contributed by atoms with Gasteiger partial charge in [-0.3, -0.25) is 4.79 Å². The molecule has 2 aromatic rings. The average molecular weight is 850 g/mol. The molecule has 0 saturated heterocycles. The van der Waals surface area contributed by atoms with Crippen molar-refractivity contribution in [2.75, 3.05) is 84.6 Å². The van der Waals surface area contributed by atoms with Crippen molar-refractivity contribution >= 4 is 43.3 Å². The monoisotopic (exact) mass is 849 g/mol. The molecule has 0 radical (unpaired) electrons. The SMILES string of the molecule is CC[N+]1=C(C=CC=C2N(CCCCCC(=O)O)c3ccc(S(=O)(=O)[O-])cc3C2(C)CCOCCOCCOCCOCCOC)C(C)(C)c2cc(S(=O)(=O)[O-])ccc21. The summed E-state index contributed by atoms with van der Waals surface area (Å²) < 4.78 is 102. The van der Waals surface area contributed by atoms with Crippen molar-refractivity contribution in [3.63, 3.8) is 0 Å². The van der Waals surface area contributed by atoms with Gasteiger partial charge in [0.15, 0.2) is 5.71 Å². The molecule has 2 aliphatic heterocycles. The van der Waals surface area contributed by atoms with Gasteiger partial charge in [0.1, 0.15) is 26.8 Å². The second-order valence-electron chi connectivity index (χ2n) is 14.8. The number of nitrogens with zero attached hydrogens (tertiary/aromatic N) is 2. The van der Waals surface area contributed by atoms with Gasteiger partial charge >= 0.3 is 5.97 Å². The van der Waals surface area contributed by atoms with Crippen LogP contribution in [0.1, 0.15) is 70.9 Å². The standard InChI is InChI=1S/C41H58N2O13S2/c1-6-42-35-16-14-31(57(46,47)48)29-33(35)40(2,3)37(42)11-10-12-38-41(4,18-20-53-23-24-55-27-28-56-26-25-54-22-21-52-5)34-30-32(58(49,50)51)15-17-36(34)43(38)19-9-7-8-13-39(44)45/h10-12,14-17,29-30H,6-9,13,18-28H2,1-5H3,(H2-,44,45,46,47,48,49,50,51)/p-1. The lowest BCUT2D eigenvalue weighted by Gasteiger charge is -2.30. The highest BCUT2D eigenvalue weighted by Gasteiger charge is 2.45.